The van der Waals surface area contributed by atoms with Crippen molar-refractivity contribution < 1.29 is 18.7 Å². The summed E-state index contributed by atoms with van der Waals surface area (Å²) in [7, 11) is 1.53. The van der Waals surface area contributed by atoms with Crippen molar-refractivity contribution in [2.45, 2.75) is 6.92 Å². The molecule has 0 atom stereocenters. The maximum absolute atomic E-state index is 13.4. The van der Waals surface area contributed by atoms with E-state index in [9.17, 15) is 14.0 Å². The van der Waals surface area contributed by atoms with E-state index in [0.29, 0.717) is 17.0 Å². The molecular formula is C16H15FN2O3. The van der Waals surface area contributed by atoms with Crippen LogP contribution in [-0.2, 0) is 4.79 Å². The zero-order chi connectivity index (χ0) is 16.1. The SMILES string of the molecule is COc1ccc(C(=O)Nc2cc(F)ccc2NC(C)=O)cc1. The molecule has 2 aromatic rings. The number of amides is 2. The van der Waals surface area contributed by atoms with Gasteiger partial charge in [-0.3, -0.25) is 9.59 Å². The first kappa shape index (κ1) is 15.5. The number of nitrogens with one attached hydrogen (secondary N) is 2. The molecule has 0 aliphatic rings. The summed E-state index contributed by atoms with van der Waals surface area (Å²) < 4.78 is 18.4. The predicted molar refractivity (Wildman–Crippen MR) is 81.7 cm³/mol. The van der Waals surface area contributed by atoms with E-state index in [1.54, 1.807) is 24.3 Å². The number of benzene rings is 2. The number of anilines is 2. The van der Waals surface area contributed by atoms with Gasteiger partial charge in [0.1, 0.15) is 11.6 Å². The lowest BCUT2D eigenvalue weighted by Gasteiger charge is -2.12. The average Bonchev–Trinajstić information content (AvgIpc) is 2.49. The summed E-state index contributed by atoms with van der Waals surface area (Å²) in [5.74, 6) is -0.619. The van der Waals surface area contributed by atoms with Gasteiger partial charge in [0, 0.05) is 12.5 Å². The van der Waals surface area contributed by atoms with Crippen LogP contribution < -0.4 is 15.4 Å². The van der Waals surface area contributed by atoms with Crippen molar-refractivity contribution in [1.29, 1.82) is 0 Å². The Labute approximate surface area is 127 Å². The zero-order valence-corrected chi connectivity index (χ0v) is 12.1. The van der Waals surface area contributed by atoms with E-state index < -0.39 is 11.7 Å². The van der Waals surface area contributed by atoms with Gasteiger partial charge in [-0.15, -0.1) is 0 Å². The van der Waals surface area contributed by atoms with E-state index in [0.717, 1.165) is 6.07 Å². The molecule has 0 aliphatic carbocycles. The van der Waals surface area contributed by atoms with E-state index in [-0.39, 0.29) is 11.6 Å². The van der Waals surface area contributed by atoms with Gasteiger partial charge in [-0.2, -0.15) is 0 Å². The minimum atomic E-state index is -0.515. The van der Waals surface area contributed by atoms with Gasteiger partial charge in [-0.1, -0.05) is 0 Å². The molecule has 22 heavy (non-hydrogen) atoms. The number of carbonyl (C=O) groups excluding carboxylic acids is 2. The highest BCUT2D eigenvalue weighted by atomic mass is 19.1. The third-order valence-electron chi connectivity index (χ3n) is 2.89. The van der Waals surface area contributed by atoms with Crippen LogP contribution in [-0.4, -0.2) is 18.9 Å². The number of ether oxygens (including phenoxy) is 1. The van der Waals surface area contributed by atoms with Crippen LogP contribution in [0.2, 0.25) is 0 Å². The molecule has 114 valence electrons. The molecule has 2 N–H and O–H groups in total. The Bertz CT molecular complexity index is 699. The first-order valence-corrected chi connectivity index (χ1v) is 6.52. The van der Waals surface area contributed by atoms with Crippen molar-refractivity contribution >= 4 is 23.2 Å². The van der Waals surface area contributed by atoms with Gasteiger partial charge in [0.15, 0.2) is 0 Å². The standard InChI is InChI=1S/C16H15FN2O3/c1-10(20)18-14-8-5-12(17)9-15(14)19-16(21)11-3-6-13(22-2)7-4-11/h3-9H,1-2H3,(H,18,20)(H,19,21). The van der Waals surface area contributed by atoms with Gasteiger partial charge in [0.05, 0.1) is 18.5 Å². The van der Waals surface area contributed by atoms with E-state index in [1.165, 1.54) is 26.2 Å². The highest BCUT2D eigenvalue weighted by molar-refractivity contribution is 6.07. The highest BCUT2D eigenvalue weighted by Gasteiger charge is 2.11. The van der Waals surface area contributed by atoms with Crippen molar-refractivity contribution in [3.05, 3.63) is 53.8 Å². The number of carbonyl (C=O) groups is 2. The normalized spacial score (nSPS) is 9.95. The molecule has 0 saturated carbocycles. The third-order valence-corrected chi connectivity index (χ3v) is 2.89. The lowest BCUT2D eigenvalue weighted by Crippen LogP contribution is -2.15. The quantitative estimate of drug-likeness (QED) is 0.912. The van der Waals surface area contributed by atoms with Crippen LogP contribution >= 0.6 is 0 Å². The molecule has 0 aliphatic heterocycles. The second-order valence-corrected chi connectivity index (χ2v) is 4.55. The fourth-order valence-corrected chi connectivity index (χ4v) is 1.86. The first-order chi connectivity index (χ1) is 10.5. The molecule has 5 nitrogen and oxygen atoms in total. The summed E-state index contributed by atoms with van der Waals surface area (Å²) in [6, 6.07) is 10.2. The average molecular weight is 302 g/mol. The monoisotopic (exact) mass is 302 g/mol. The van der Waals surface area contributed by atoms with Gasteiger partial charge >= 0.3 is 0 Å². The summed E-state index contributed by atoms with van der Waals surface area (Å²) >= 11 is 0. The molecule has 0 aromatic heterocycles. The van der Waals surface area contributed by atoms with Gasteiger partial charge in [-0.25, -0.2) is 4.39 Å². The van der Waals surface area contributed by atoms with Gasteiger partial charge in [0.2, 0.25) is 5.91 Å². The maximum atomic E-state index is 13.4. The van der Waals surface area contributed by atoms with Crippen LogP contribution in [0.25, 0.3) is 0 Å². The van der Waals surface area contributed by atoms with Crippen molar-refractivity contribution in [1.82, 2.24) is 0 Å². The van der Waals surface area contributed by atoms with Gasteiger partial charge < -0.3 is 15.4 Å². The fraction of sp³-hybridized carbons (Fsp3) is 0.125. The molecule has 2 rings (SSSR count). The number of hydrogen-bond acceptors (Lipinski definition) is 3. The molecular weight excluding hydrogens is 287 g/mol. The Morgan fingerprint density at radius 3 is 2.27 bits per heavy atom. The summed E-state index contributed by atoms with van der Waals surface area (Å²) in [6.07, 6.45) is 0. The number of halogens is 1. The second-order valence-electron chi connectivity index (χ2n) is 4.55. The fourth-order valence-electron chi connectivity index (χ4n) is 1.86. The smallest absolute Gasteiger partial charge is 0.255 e. The van der Waals surface area contributed by atoms with Gasteiger partial charge in [0.25, 0.3) is 5.91 Å². The summed E-state index contributed by atoms with van der Waals surface area (Å²) in [6.45, 7) is 1.33. The van der Waals surface area contributed by atoms with Crippen molar-refractivity contribution in [3.8, 4) is 5.75 Å². The minimum Gasteiger partial charge on any atom is -0.497 e. The molecule has 0 bridgehead atoms. The van der Waals surface area contributed by atoms with Crippen molar-refractivity contribution in [2.24, 2.45) is 0 Å². The zero-order valence-electron chi connectivity index (χ0n) is 12.1. The number of methoxy groups -OCH3 is 1. The van der Waals surface area contributed by atoms with Crippen molar-refractivity contribution in [3.63, 3.8) is 0 Å². The topological polar surface area (TPSA) is 67.4 Å². The summed E-state index contributed by atoms with van der Waals surface area (Å²) in [4.78, 5) is 23.3. The highest BCUT2D eigenvalue weighted by Crippen LogP contribution is 2.24. The Morgan fingerprint density at radius 2 is 1.68 bits per heavy atom. The summed E-state index contributed by atoms with van der Waals surface area (Å²) in [5.41, 5.74) is 0.908. The molecule has 0 heterocycles. The lowest BCUT2D eigenvalue weighted by atomic mass is 10.2. The van der Waals surface area contributed by atoms with E-state index >= 15 is 0 Å². The first-order valence-electron chi connectivity index (χ1n) is 6.52. The van der Waals surface area contributed by atoms with Crippen LogP contribution in [0.1, 0.15) is 17.3 Å². The van der Waals surface area contributed by atoms with Crippen LogP contribution in [0.3, 0.4) is 0 Å². The predicted octanol–water partition coefficient (Wildman–Crippen LogP) is 3.05. The Kier molecular flexibility index (Phi) is 4.73. The molecule has 0 unspecified atom stereocenters. The molecule has 6 heteroatoms. The number of hydrogen-bond donors (Lipinski definition) is 2. The molecule has 2 amide bonds. The maximum Gasteiger partial charge on any atom is 0.255 e. The van der Waals surface area contributed by atoms with E-state index in [4.69, 9.17) is 4.74 Å². The van der Waals surface area contributed by atoms with Crippen LogP contribution in [0.4, 0.5) is 15.8 Å². The molecule has 0 spiro atoms. The third kappa shape index (κ3) is 3.82. The molecule has 0 saturated heterocycles. The van der Waals surface area contributed by atoms with E-state index in [2.05, 4.69) is 10.6 Å². The second kappa shape index (κ2) is 6.71. The van der Waals surface area contributed by atoms with Gasteiger partial charge in [-0.05, 0) is 42.5 Å². The summed E-state index contributed by atoms with van der Waals surface area (Å²) in [5, 5.41) is 5.11. The van der Waals surface area contributed by atoms with Crippen LogP contribution in [0, 0.1) is 5.82 Å². The minimum absolute atomic E-state index is 0.191. The Hall–Kier alpha value is -2.89. The Morgan fingerprint density at radius 1 is 1.00 bits per heavy atom. The van der Waals surface area contributed by atoms with Crippen LogP contribution in [0.15, 0.2) is 42.5 Å². The van der Waals surface area contributed by atoms with Crippen molar-refractivity contribution in [2.75, 3.05) is 17.7 Å². The molecule has 2 aromatic carbocycles. The van der Waals surface area contributed by atoms with E-state index in [1.807, 2.05) is 0 Å². The largest absolute Gasteiger partial charge is 0.497 e. The molecule has 0 fully saturated rings. The van der Waals surface area contributed by atoms with Crippen LogP contribution in [0.5, 0.6) is 5.75 Å². The molecule has 0 radical (unpaired) electrons. The Balaban J connectivity index is 2.22. The lowest BCUT2D eigenvalue weighted by molar-refractivity contribution is -0.114. The number of rotatable bonds is 4.